The van der Waals surface area contributed by atoms with Crippen LogP contribution in [0.25, 0.3) is 11.4 Å². The summed E-state index contributed by atoms with van der Waals surface area (Å²) in [6, 6.07) is 7.70. The van der Waals surface area contributed by atoms with E-state index < -0.39 is 23.2 Å². The minimum Gasteiger partial charge on any atom is -0.465 e. The fourth-order valence-corrected chi connectivity index (χ4v) is 4.64. The molecule has 1 aliphatic heterocycles. The number of carbonyl (C=O) groups is 2. The Morgan fingerprint density at radius 3 is 2.57 bits per heavy atom. The first kappa shape index (κ1) is 24.7. The number of esters is 1. The van der Waals surface area contributed by atoms with Gasteiger partial charge < -0.3 is 14.8 Å². The third-order valence-electron chi connectivity index (χ3n) is 5.96. The van der Waals surface area contributed by atoms with E-state index in [9.17, 15) is 9.59 Å². The number of nitrogens with zero attached hydrogens (tertiary/aromatic N) is 3. The molecule has 1 aliphatic rings. The van der Waals surface area contributed by atoms with Crippen molar-refractivity contribution in [3.05, 3.63) is 65.9 Å². The molecule has 1 fully saturated rings. The van der Waals surface area contributed by atoms with Crippen LogP contribution in [0.15, 0.2) is 53.8 Å². The molecule has 35 heavy (non-hydrogen) atoms. The Labute approximate surface area is 206 Å². The molecule has 1 saturated heterocycles. The van der Waals surface area contributed by atoms with Gasteiger partial charge in [0.25, 0.3) is 0 Å². The molecule has 8 nitrogen and oxygen atoms in total. The summed E-state index contributed by atoms with van der Waals surface area (Å²) in [5.74, 6) is -1.61. The standard InChI is InChI=1S/C25H25FN4O4S/c1-15-8-10-25(14-30-15,34-23-20(24(32)33-2)18(35-3)9-13-29-23)21(31)16-6-4-7-17(26)19(16)22-27-11-5-12-28-22/h4-7,9,11-13,15,30H,8,10,14H2,1-3H3/t15-,25-/m1/s1. The Bertz CT molecular complexity index is 1230. The zero-order chi connectivity index (χ0) is 25.0. The van der Waals surface area contributed by atoms with Crippen molar-refractivity contribution in [1.29, 1.82) is 0 Å². The normalized spacial score (nSPS) is 19.7. The number of nitrogens with one attached hydrogen (secondary N) is 1. The molecule has 0 amide bonds. The number of carbonyl (C=O) groups excluding carboxylic acids is 2. The molecule has 4 rings (SSSR count). The summed E-state index contributed by atoms with van der Waals surface area (Å²) in [5.41, 5.74) is -1.22. The van der Waals surface area contributed by atoms with Gasteiger partial charge in [0.05, 0.1) is 12.7 Å². The number of halogens is 1. The summed E-state index contributed by atoms with van der Waals surface area (Å²) in [7, 11) is 1.27. The van der Waals surface area contributed by atoms with E-state index in [-0.39, 0.29) is 41.0 Å². The minimum atomic E-state index is -1.45. The molecule has 1 aromatic carbocycles. The average Bonchev–Trinajstić information content (AvgIpc) is 2.89. The lowest BCUT2D eigenvalue weighted by atomic mass is 9.82. The SMILES string of the molecule is COC(=O)c1c(SC)ccnc1O[C@]1(C(=O)c2cccc(F)c2-c2ncccn2)CC[C@@H](C)NC1. The van der Waals surface area contributed by atoms with E-state index in [1.807, 2.05) is 13.2 Å². The van der Waals surface area contributed by atoms with Crippen molar-refractivity contribution >= 4 is 23.5 Å². The van der Waals surface area contributed by atoms with Crippen LogP contribution in [0.2, 0.25) is 0 Å². The van der Waals surface area contributed by atoms with Crippen molar-refractivity contribution in [2.45, 2.75) is 36.3 Å². The van der Waals surface area contributed by atoms with E-state index in [1.54, 1.807) is 12.1 Å². The third kappa shape index (κ3) is 4.89. The summed E-state index contributed by atoms with van der Waals surface area (Å²) in [6.45, 7) is 2.15. The summed E-state index contributed by atoms with van der Waals surface area (Å²) in [4.78, 5) is 39.9. The zero-order valence-electron chi connectivity index (χ0n) is 19.6. The van der Waals surface area contributed by atoms with Gasteiger partial charge in [-0.05, 0) is 44.2 Å². The largest absolute Gasteiger partial charge is 0.465 e. The zero-order valence-corrected chi connectivity index (χ0v) is 20.4. The molecular weight excluding hydrogens is 471 g/mol. The highest BCUT2D eigenvalue weighted by atomic mass is 32.2. The minimum absolute atomic E-state index is 0.00119. The Kier molecular flexibility index (Phi) is 7.42. The van der Waals surface area contributed by atoms with E-state index in [1.165, 1.54) is 55.7 Å². The Morgan fingerprint density at radius 2 is 1.91 bits per heavy atom. The first-order valence-corrected chi connectivity index (χ1v) is 12.3. The molecular formula is C25H25FN4O4S. The van der Waals surface area contributed by atoms with Gasteiger partial charge in [0.1, 0.15) is 11.4 Å². The number of ether oxygens (including phenoxy) is 2. The van der Waals surface area contributed by atoms with Crippen LogP contribution in [0.5, 0.6) is 5.88 Å². The summed E-state index contributed by atoms with van der Waals surface area (Å²) >= 11 is 1.33. The second kappa shape index (κ2) is 10.5. The number of thioether (sulfide) groups is 1. The number of rotatable bonds is 7. The predicted octanol–water partition coefficient (Wildman–Crippen LogP) is 3.96. The van der Waals surface area contributed by atoms with E-state index >= 15 is 4.39 Å². The van der Waals surface area contributed by atoms with Crippen LogP contribution in [-0.4, -0.2) is 58.3 Å². The van der Waals surface area contributed by atoms with Crippen molar-refractivity contribution in [3.8, 4) is 17.3 Å². The van der Waals surface area contributed by atoms with Gasteiger partial charge in [0.15, 0.2) is 11.4 Å². The van der Waals surface area contributed by atoms with Crippen LogP contribution in [0, 0.1) is 5.82 Å². The first-order chi connectivity index (χ1) is 16.9. The number of benzene rings is 1. The van der Waals surface area contributed by atoms with Gasteiger partial charge in [-0.1, -0.05) is 12.1 Å². The monoisotopic (exact) mass is 496 g/mol. The van der Waals surface area contributed by atoms with Crippen LogP contribution in [0.3, 0.4) is 0 Å². The van der Waals surface area contributed by atoms with Gasteiger partial charge in [-0.25, -0.2) is 24.1 Å². The van der Waals surface area contributed by atoms with Crippen LogP contribution in [0.1, 0.15) is 40.5 Å². The molecule has 0 radical (unpaired) electrons. The second-order valence-electron chi connectivity index (χ2n) is 8.17. The fourth-order valence-electron chi connectivity index (χ4n) is 4.07. The van der Waals surface area contributed by atoms with E-state index in [0.717, 1.165) is 0 Å². The van der Waals surface area contributed by atoms with Gasteiger partial charge in [-0.3, -0.25) is 4.79 Å². The highest BCUT2D eigenvalue weighted by Crippen LogP contribution is 2.36. The highest BCUT2D eigenvalue weighted by molar-refractivity contribution is 7.98. The second-order valence-corrected chi connectivity index (χ2v) is 9.01. The fraction of sp³-hybridized carbons (Fsp3) is 0.320. The first-order valence-electron chi connectivity index (χ1n) is 11.0. The Morgan fingerprint density at radius 1 is 1.14 bits per heavy atom. The molecule has 0 unspecified atom stereocenters. The average molecular weight is 497 g/mol. The molecule has 0 spiro atoms. The summed E-state index contributed by atoms with van der Waals surface area (Å²) < 4.78 is 26.3. The van der Waals surface area contributed by atoms with Crippen LogP contribution < -0.4 is 10.1 Å². The molecule has 0 aliphatic carbocycles. The smallest absolute Gasteiger partial charge is 0.344 e. The number of methoxy groups -OCH3 is 1. The maximum absolute atomic E-state index is 15.0. The number of hydrogen-bond donors (Lipinski definition) is 1. The van der Waals surface area contributed by atoms with E-state index in [0.29, 0.717) is 17.7 Å². The number of aromatic nitrogens is 3. The van der Waals surface area contributed by atoms with Gasteiger partial charge in [0, 0.05) is 41.6 Å². The van der Waals surface area contributed by atoms with Gasteiger partial charge in [-0.2, -0.15) is 0 Å². The number of piperidine rings is 1. The lowest BCUT2D eigenvalue weighted by Gasteiger charge is -2.39. The Balaban J connectivity index is 1.84. The maximum atomic E-state index is 15.0. The van der Waals surface area contributed by atoms with Crippen LogP contribution >= 0.6 is 11.8 Å². The van der Waals surface area contributed by atoms with Crippen molar-refractivity contribution in [2.75, 3.05) is 19.9 Å². The van der Waals surface area contributed by atoms with Crippen molar-refractivity contribution < 1.29 is 23.5 Å². The van der Waals surface area contributed by atoms with Crippen molar-refractivity contribution in [1.82, 2.24) is 20.3 Å². The molecule has 1 N–H and O–H groups in total. The number of ketones is 1. The molecule has 0 bridgehead atoms. The predicted molar refractivity (Wildman–Crippen MR) is 129 cm³/mol. The quantitative estimate of drug-likeness (QED) is 0.296. The Hall–Kier alpha value is -3.37. The lowest BCUT2D eigenvalue weighted by molar-refractivity contribution is 0.0245. The molecule has 2 aromatic heterocycles. The van der Waals surface area contributed by atoms with Crippen LogP contribution in [-0.2, 0) is 4.74 Å². The van der Waals surface area contributed by atoms with Crippen molar-refractivity contribution in [3.63, 3.8) is 0 Å². The van der Waals surface area contributed by atoms with Gasteiger partial charge in [0.2, 0.25) is 11.7 Å². The summed E-state index contributed by atoms with van der Waals surface area (Å²) in [6.07, 6.45) is 7.25. The van der Waals surface area contributed by atoms with Crippen LogP contribution in [0.4, 0.5) is 4.39 Å². The molecule has 182 valence electrons. The number of Topliss-reactive ketones (excluding diaryl/α,β-unsaturated/α-hetero) is 1. The molecule has 10 heteroatoms. The molecule has 3 aromatic rings. The molecule has 2 atom stereocenters. The highest BCUT2D eigenvalue weighted by Gasteiger charge is 2.46. The lowest BCUT2D eigenvalue weighted by Crippen LogP contribution is -2.58. The summed E-state index contributed by atoms with van der Waals surface area (Å²) in [5, 5.41) is 3.29. The van der Waals surface area contributed by atoms with Gasteiger partial charge >= 0.3 is 5.97 Å². The van der Waals surface area contributed by atoms with E-state index in [4.69, 9.17) is 9.47 Å². The maximum Gasteiger partial charge on any atom is 0.344 e. The number of pyridine rings is 1. The molecule has 3 heterocycles. The third-order valence-corrected chi connectivity index (χ3v) is 6.74. The number of hydrogen-bond acceptors (Lipinski definition) is 9. The topological polar surface area (TPSA) is 103 Å². The molecule has 0 saturated carbocycles. The van der Waals surface area contributed by atoms with Crippen molar-refractivity contribution in [2.24, 2.45) is 0 Å². The van der Waals surface area contributed by atoms with Gasteiger partial charge in [-0.15, -0.1) is 11.8 Å². The van der Waals surface area contributed by atoms with E-state index in [2.05, 4.69) is 20.3 Å².